The van der Waals surface area contributed by atoms with Crippen molar-refractivity contribution in [3.63, 3.8) is 0 Å². The first-order valence-electron chi connectivity index (χ1n) is 5.51. The lowest BCUT2D eigenvalue weighted by molar-refractivity contribution is -0.139. The van der Waals surface area contributed by atoms with Crippen molar-refractivity contribution in [3.8, 4) is 0 Å². The Hall–Kier alpha value is -1.30. The summed E-state index contributed by atoms with van der Waals surface area (Å²) in [5, 5.41) is 14.0. The summed E-state index contributed by atoms with van der Waals surface area (Å²) in [6.07, 6.45) is 1.92. The van der Waals surface area contributed by atoms with E-state index >= 15 is 0 Å². The van der Waals surface area contributed by atoms with E-state index in [1.165, 1.54) is 0 Å². The van der Waals surface area contributed by atoms with Crippen LogP contribution in [-0.2, 0) is 9.53 Å². The van der Waals surface area contributed by atoms with Gasteiger partial charge in [-0.2, -0.15) is 0 Å². The Morgan fingerprint density at radius 1 is 1.56 bits per heavy atom. The number of carboxylic acid groups (broad SMARTS) is 1. The van der Waals surface area contributed by atoms with Gasteiger partial charge in [0.2, 0.25) is 0 Å². The number of hydrogen-bond acceptors (Lipinski definition) is 3. The van der Waals surface area contributed by atoms with Crippen LogP contribution in [0.4, 0.5) is 4.79 Å². The Kier molecular flexibility index (Phi) is 5.04. The summed E-state index contributed by atoms with van der Waals surface area (Å²) in [5.41, 5.74) is 0. The molecular weight excluding hydrogens is 212 g/mol. The summed E-state index contributed by atoms with van der Waals surface area (Å²) in [5.74, 6) is -1.00. The van der Waals surface area contributed by atoms with Crippen molar-refractivity contribution in [3.05, 3.63) is 0 Å². The molecule has 1 rings (SSSR count). The van der Waals surface area contributed by atoms with E-state index in [4.69, 9.17) is 9.84 Å². The van der Waals surface area contributed by atoms with Gasteiger partial charge in [-0.25, -0.2) is 9.59 Å². The van der Waals surface area contributed by atoms with Gasteiger partial charge in [-0.3, -0.25) is 0 Å². The normalized spacial score (nSPS) is 21.4. The lowest BCUT2D eigenvalue weighted by Crippen LogP contribution is -2.49. The van der Waals surface area contributed by atoms with E-state index < -0.39 is 18.0 Å². The van der Waals surface area contributed by atoms with Crippen LogP contribution in [0.3, 0.4) is 0 Å². The van der Waals surface area contributed by atoms with Gasteiger partial charge >= 0.3 is 12.0 Å². The number of hydrogen-bond donors (Lipinski definition) is 3. The van der Waals surface area contributed by atoms with Gasteiger partial charge in [0.15, 0.2) is 0 Å². The van der Waals surface area contributed by atoms with Crippen LogP contribution in [-0.4, -0.2) is 42.4 Å². The third-order valence-electron chi connectivity index (χ3n) is 2.45. The molecule has 2 atom stereocenters. The molecule has 92 valence electrons. The Labute approximate surface area is 94.3 Å². The summed E-state index contributed by atoms with van der Waals surface area (Å²) in [6, 6.07) is -1.25. The molecule has 1 heterocycles. The van der Waals surface area contributed by atoms with Crippen LogP contribution in [0.15, 0.2) is 0 Å². The zero-order chi connectivity index (χ0) is 12.0. The second-order valence-electron chi connectivity index (χ2n) is 3.86. The molecule has 0 spiro atoms. The van der Waals surface area contributed by atoms with Gasteiger partial charge in [0.1, 0.15) is 6.04 Å². The van der Waals surface area contributed by atoms with Gasteiger partial charge in [-0.05, 0) is 12.8 Å². The standard InChI is InChI=1S/C10H18N2O4/c1-2-3-8(9(13)14)12-10(15)11-7-4-5-16-6-7/h7-8H,2-6H2,1H3,(H,13,14)(H2,11,12,15). The summed E-state index contributed by atoms with van der Waals surface area (Å²) in [7, 11) is 0. The number of carbonyl (C=O) groups is 2. The minimum absolute atomic E-state index is 0.00364. The van der Waals surface area contributed by atoms with E-state index in [1.807, 2.05) is 6.92 Å². The lowest BCUT2D eigenvalue weighted by atomic mass is 10.2. The highest BCUT2D eigenvalue weighted by atomic mass is 16.5. The van der Waals surface area contributed by atoms with E-state index in [2.05, 4.69) is 10.6 Å². The fourth-order valence-corrected chi connectivity index (χ4v) is 1.58. The van der Waals surface area contributed by atoms with Crippen LogP contribution >= 0.6 is 0 Å². The molecule has 1 saturated heterocycles. The largest absolute Gasteiger partial charge is 0.480 e. The molecule has 6 nitrogen and oxygen atoms in total. The molecule has 0 aromatic heterocycles. The van der Waals surface area contributed by atoms with Crippen LogP contribution in [0.1, 0.15) is 26.2 Å². The van der Waals surface area contributed by atoms with Crippen LogP contribution in [0.5, 0.6) is 0 Å². The van der Waals surface area contributed by atoms with Crippen molar-refractivity contribution in [2.24, 2.45) is 0 Å². The molecule has 0 aromatic carbocycles. The Morgan fingerprint density at radius 3 is 2.81 bits per heavy atom. The molecule has 0 bridgehead atoms. The second-order valence-corrected chi connectivity index (χ2v) is 3.86. The van der Waals surface area contributed by atoms with Crippen LogP contribution in [0, 0.1) is 0 Å². The van der Waals surface area contributed by atoms with Crippen LogP contribution in [0.25, 0.3) is 0 Å². The Morgan fingerprint density at radius 2 is 2.31 bits per heavy atom. The molecule has 2 amide bonds. The number of amides is 2. The molecule has 6 heteroatoms. The van der Waals surface area contributed by atoms with Crippen molar-refractivity contribution in [1.82, 2.24) is 10.6 Å². The minimum atomic E-state index is -1.00. The third kappa shape index (κ3) is 4.06. The molecule has 0 aromatic rings. The van der Waals surface area contributed by atoms with Gasteiger partial charge in [0.05, 0.1) is 12.6 Å². The Balaban J connectivity index is 2.32. The SMILES string of the molecule is CCCC(NC(=O)NC1CCOC1)C(=O)O. The first kappa shape index (κ1) is 12.8. The highest BCUT2D eigenvalue weighted by Gasteiger charge is 2.22. The van der Waals surface area contributed by atoms with Crippen LogP contribution in [0.2, 0.25) is 0 Å². The average molecular weight is 230 g/mol. The maximum absolute atomic E-state index is 11.4. The first-order valence-corrected chi connectivity index (χ1v) is 5.51. The molecule has 1 fully saturated rings. The zero-order valence-corrected chi connectivity index (χ0v) is 9.36. The molecule has 1 aliphatic rings. The molecule has 0 aliphatic carbocycles. The van der Waals surface area contributed by atoms with E-state index in [0.29, 0.717) is 26.1 Å². The molecule has 3 N–H and O–H groups in total. The minimum Gasteiger partial charge on any atom is -0.480 e. The summed E-state index contributed by atoms with van der Waals surface area (Å²) in [4.78, 5) is 22.2. The van der Waals surface area contributed by atoms with Gasteiger partial charge in [-0.15, -0.1) is 0 Å². The van der Waals surface area contributed by atoms with Crippen molar-refractivity contribution in [1.29, 1.82) is 0 Å². The van der Waals surface area contributed by atoms with E-state index in [1.54, 1.807) is 0 Å². The van der Waals surface area contributed by atoms with E-state index in [0.717, 1.165) is 6.42 Å². The molecule has 0 saturated carbocycles. The van der Waals surface area contributed by atoms with Crippen molar-refractivity contribution in [2.45, 2.75) is 38.3 Å². The maximum Gasteiger partial charge on any atom is 0.326 e. The third-order valence-corrected chi connectivity index (χ3v) is 2.45. The number of aliphatic carboxylic acids is 1. The number of carbonyl (C=O) groups excluding carboxylic acids is 1. The molecule has 1 aliphatic heterocycles. The molecular formula is C10H18N2O4. The number of nitrogens with one attached hydrogen (secondary N) is 2. The van der Waals surface area contributed by atoms with Crippen molar-refractivity contribution in [2.75, 3.05) is 13.2 Å². The van der Waals surface area contributed by atoms with Gasteiger partial charge in [0, 0.05) is 6.61 Å². The lowest BCUT2D eigenvalue weighted by Gasteiger charge is -2.16. The number of carboxylic acids is 1. The van der Waals surface area contributed by atoms with Gasteiger partial charge < -0.3 is 20.5 Å². The number of urea groups is 1. The Bertz CT molecular complexity index is 251. The molecule has 0 radical (unpaired) electrons. The predicted octanol–water partition coefficient (Wildman–Crippen LogP) is 0.328. The topological polar surface area (TPSA) is 87.7 Å². The van der Waals surface area contributed by atoms with E-state index in [9.17, 15) is 9.59 Å². The summed E-state index contributed by atoms with van der Waals surface area (Å²) in [6.45, 7) is 3.02. The number of rotatable bonds is 5. The predicted molar refractivity (Wildman–Crippen MR) is 57.2 cm³/mol. The van der Waals surface area contributed by atoms with Crippen molar-refractivity contribution < 1.29 is 19.4 Å². The average Bonchev–Trinajstić information content (AvgIpc) is 2.69. The highest BCUT2D eigenvalue weighted by molar-refractivity contribution is 5.82. The quantitative estimate of drug-likeness (QED) is 0.635. The fraction of sp³-hybridized carbons (Fsp3) is 0.800. The molecule has 2 unspecified atom stereocenters. The van der Waals surface area contributed by atoms with Gasteiger partial charge in [-0.1, -0.05) is 13.3 Å². The highest BCUT2D eigenvalue weighted by Crippen LogP contribution is 2.03. The number of ether oxygens (including phenoxy) is 1. The zero-order valence-electron chi connectivity index (χ0n) is 9.36. The van der Waals surface area contributed by atoms with Gasteiger partial charge in [0.25, 0.3) is 0 Å². The first-order chi connectivity index (χ1) is 7.63. The second kappa shape index (κ2) is 6.32. The maximum atomic E-state index is 11.4. The van der Waals surface area contributed by atoms with E-state index in [-0.39, 0.29) is 6.04 Å². The summed E-state index contributed by atoms with van der Waals surface area (Å²) < 4.78 is 5.10. The monoisotopic (exact) mass is 230 g/mol. The van der Waals surface area contributed by atoms with Crippen LogP contribution < -0.4 is 10.6 Å². The van der Waals surface area contributed by atoms with Crippen molar-refractivity contribution >= 4 is 12.0 Å². The summed E-state index contributed by atoms with van der Waals surface area (Å²) >= 11 is 0. The smallest absolute Gasteiger partial charge is 0.326 e. The molecule has 16 heavy (non-hydrogen) atoms. The fourth-order valence-electron chi connectivity index (χ4n) is 1.58.